The van der Waals surface area contributed by atoms with Crippen molar-refractivity contribution in [2.75, 3.05) is 6.61 Å². The van der Waals surface area contributed by atoms with Crippen molar-refractivity contribution in [2.45, 2.75) is 32.4 Å². The lowest BCUT2D eigenvalue weighted by Crippen LogP contribution is -2.47. The zero-order valence-electron chi connectivity index (χ0n) is 10.7. The van der Waals surface area contributed by atoms with E-state index in [4.69, 9.17) is 10.2 Å². The maximum absolute atomic E-state index is 11.6. The van der Waals surface area contributed by atoms with Crippen molar-refractivity contribution in [3.8, 4) is 0 Å². The van der Waals surface area contributed by atoms with Crippen LogP contribution in [0.15, 0.2) is 6.20 Å². The van der Waals surface area contributed by atoms with E-state index in [1.54, 1.807) is 13.1 Å². The second-order valence-electron chi connectivity index (χ2n) is 4.05. The third-order valence-electron chi connectivity index (χ3n) is 2.38. The average molecular weight is 287 g/mol. The van der Waals surface area contributed by atoms with Gasteiger partial charge >= 0.3 is 12.0 Å². The maximum Gasteiger partial charge on any atom is 0.326 e. The number of aliphatic hydroxyl groups excluding tert-OH is 1. The molecule has 1 unspecified atom stereocenters. The predicted molar refractivity (Wildman–Crippen MR) is 70.1 cm³/mol. The lowest BCUT2D eigenvalue weighted by Gasteiger charge is -2.16. The monoisotopic (exact) mass is 287 g/mol. The Kier molecular flexibility index (Phi) is 5.71. The number of aromatic nitrogens is 1. The Hall–Kier alpha value is -1.67. The van der Waals surface area contributed by atoms with E-state index in [9.17, 15) is 9.59 Å². The van der Waals surface area contributed by atoms with Crippen LogP contribution in [0.25, 0.3) is 0 Å². The van der Waals surface area contributed by atoms with E-state index >= 15 is 0 Å². The highest BCUT2D eigenvalue weighted by Crippen LogP contribution is 2.18. The minimum absolute atomic E-state index is 0.0342. The van der Waals surface area contributed by atoms with E-state index in [2.05, 4.69) is 15.6 Å². The summed E-state index contributed by atoms with van der Waals surface area (Å²) in [6.45, 7) is 3.37. The first-order valence-corrected chi connectivity index (χ1v) is 6.58. The third kappa shape index (κ3) is 4.84. The lowest BCUT2D eigenvalue weighted by molar-refractivity contribution is -0.139. The summed E-state index contributed by atoms with van der Waals surface area (Å²) in [5.41, 5.74) is 0. The van der Waals surface area contributed by atoms with Gasteiger partial charge in [0.1, 0.15) is 11.0 Å². The Bertz CT molecular complexity index is 449. The van der Waals surface area contributed by atoms with Crippen molar-refractivity contribution in [1.29, 1.82) is 0 Å². The molecule has 1 heterocycles. The minimum atomic E-state index is -1.18. The van der Waals surface area contributed by atoms with E-state index < -0.39 is 18.0 Å². The molecule has 19 heavy (non-hydrogen) atoms. The molecule has 0 saturated carbocycles. The number of nitrogens with zero attached hydrogens (tertiary/aromatic N) is 1. The van der Waals surface area contributed by atoms with E-state index in [1.807, 2.05) is 6.92 Å². The molecule has 0 fully saturated rings. The first-order chi connectivity index (χ1) is 8.93. The van der Waals surface area contributed by atoms with Crippen molar-refractivity contribution in [3.05, 3.63) is 16.1 Å². The summed E-state index contributed by atoms with van der Waals surface area (Å²) in [5, 5.41) is 23.2. The van der Waals surface area contributed by atoms with E-state index in [0.717, 1.165) is 9.88 Å². The number of carboxylic acid groups (broad SMARTS) is 1. The van der Waals surface area contributed by atoms with Crippen LogP contribution >= 0.6 is 11.3 Å². The molecule has 0 aliphatic rings. The number of thiazole rings is 1. The van der Waals surface area contributed by atoms with Crippen LogP contribution in [0, 0.1) is 6.92 Å². The SMILES string of the molecule is Cc1cnc(C(C)NC(=O)N[C@H](CCO)C(=O)O)s1. The Morgan fingerprint density at radius 3 is 2.63 bits per heavy atom. The molecule has 4 N–H and O–H groups in total. The molecule has 0 aliphatic carbocycles. The molecule has 1 aromatic heterocycles. The van der Waals surface area contributed by atoms with Crippen LogP contribution in [0.5, 0.6) is 0 Å². The van der Waals surface area contributed by atoms with Gasteiger partial charge in [-0.05, 0) is 13.8 Å². The standard InChI is InChI=1S/C11H17N3O4S/c1-6-5-12-9(19-6)7(2)13-11(18)14-8(3-4-15)10(16)17/h5,7-8,15H,3-4H2,1-2H3,(H,16,17)(H2,13,14,18)/t7?,8-/m1/s1. The van der Waals surface area contributed by atoms with Gasteiger partial charge in [-0.3, -0.25) is 0 Å². The predicted octanol–water partition coefficient (Wildman–Crippen LogP) is 0.647. The van der Waals surface area contributed by atoms with Crippen molar-refractivity contribution < 1.29 is 19.8 Å². The second-order valence-corrected chi connectivity index (χ2v) is 5.32. The van der Waals surface area contributed by atoms with Gasteiger partial charge < -0.3 is 20.8 Å². The summed E-state index contributed by atoms with van der Waals surface area (Å²) in [6.07, 6.45) is 1.68. The van der Waals surface area contributed by atoms with Gasteiger partial charge in [0.25, 0.3) is 0 Å². The molecule has 7 nitrogen and oxygen atoms in total. The molecular weight excluding hydrogens is 270 g/mol. The minimum Gasteiger partial charge on any atom is -0.480 e. The number of amides is 2. The van der Waals surface area contributed by atoms with Crippen LogP contribution in [-0.2, 0) is 4.79 Å². The second kappa shape index (κ2) is 7.05. The summed E-state index contributed by atoms with van der Waals surface area (Å²) in [4.78, 5) is 27.6. The van der Waals surface area contributed by atoms with Crippen LogP contribution in [0.2, 0.25) is 0 Å². The zero-order chi connectivity index (χ0) is 14.4. The fraction of sp³-hybridized carbons (Fsp3) is 0.545. The summed E-state index contributed by atoms with van der Waals surface area (Å²) < 4.78 is 0. The molecule has 0 saturated heterocycles. The molecule has 0 aliphatic heterocycles. The number of aliphatic hydroxyl groups is 1. The number of carbonyl (C=O) groups is 2. The molecule has 106 valence electrons. The smallest absolute Gasteiger partial charge is 0.326 e. The lowest BCUT2D eigenvalue weighted by atomic mass is 10.2. The number of hydrogen-bond donors (Lipinski definition) is 4. The maximum atomic E-state index is 11.6. The van der Waals surface area contributed by atoms with Crippen LogP contribution in [0.4, 0.5) is 4.79 Å². The van der Waals surface area contributed by atoms with Crippen molar-refractivity contribution in [3.63, 3.8) is 0 Å². The Labute approximate surface area is 114 Å². The van der Waals surface area contributed by atoms with E-state index in [0.29, 0.717) is 0 Å². The van der Waals surface area contributed by atoms with Crippen LogP contribution < -0.4 is 10.6 Å². The number of carboxylic acids is 1. The average Bonchev–Trinajstić information content (AvgIpc) is 2.75. The van der Waals surface area contributed by atoms with Gasteiger partial charge in [0.2, 0.25) is 0 Å². The van der Waals surface area contributed by atoms with Gasteiger partial charge in [-0.2, -0.15) is 0 Å². The molecule has 2 atom stereocenters. The topological polar surface area (TPSA) is 112 Å². The highest BCUT2D eigenvalue weighted by atomic mass is 32.1. The fourth-order valence-corrected chi connectivity index (χ4v) is 2.19. The first-order valence-electron chi connectivity index (χ1n) is 5.77. The van der Waals surface area contributed by atoms with Crippen LogP contribution in [0.3, 0.4) is 0 Å². The van der Waals surface area contributed by atoms with Crippen LogP contribution in [0.1, 0.15) is 29.3 Å². The molecule has 0 bridgehead atoms. The number of nitrogens with one attached hydrogen (secondary N) is 2. The van der Waals surface area contributed by atoms with E-state index in [-0.39, 0.29) is 19.1 Å². The molecule has 1 aromatic rings. The molecule has 0 radical (unpaired) electrons. The van der Waals surface area contributed by atoms with Gasteiger partial charge in [0.15, 0.2) is 0 Å². The van der Waals surface area contributed by atoms with Crippen LogP contribution in [-0.4, -0.2) is 39.8 Å². The van der Waals surface area contributed by atoms with Gasteiger partial charge in [0.05, 0.1) is 6.04 Å². The zero-order valence-corrected chi connectivity index (χ0v) is 11.5. The number of aliphatic carboxylic acids is 1. The molecular formula is C11H17N3O4S. The molecule has 8 heteroatoms. The normalized spacial score (nSPS) is 13.6. The Morgan fingerprint density at radius 2 is 2.16 bits per heavy atom. The Morgan fingerprint density at radius 1 is 1.47 bits per heavy atom. The molecule has 0 aromatic carbocycles. The fourth-order valence-electron chi connectivity index (χ4n) is 1.42. The molecule has 2 amide bonds. The van der Waals surface area contributed by atoms with Gasteiger partial charge in [0, 0.05) is 24.1 Å². The number of carbonyl (C=O) groups excluding carboxylic acids is 1. The number of rotatable bonds is 6. The van der Waals surface area contributed by atoms with Gasteiger partial charge in [-0.25, -0.2) is 14.6 Å². The highest BCUT2D eigenvalue weighted by molar-refractivity contribution is 7.11. The summed E-state index contributed by atoms with van der Waals surface area (Å²) in [5.74, 6) is -1.18. The molecule has 0 spiro atoms. The summed E-state index contributed by atoms with van der Waals surface area (Å²) >= 11 is 1.46. The first kappa shape index (κ1) is 15.4. The van der Waals surface area contributed by atoms with Crippen molar-refractivity contribution >= 4 is 23.3 Å². The largest absolute Gasteiger partial charge is 0.480 e. The number of aryl methyl sites for hydroxylation is 1. The number of urea groups is 1. The van der Waals surface area contributed by atoms with Crippen molar-refractivity contribution in [1.82, 2.24) is 15.6 Å². The van der Waals surface area contributed by atoms with E-state index in [1.165, 1.54) is 11.3 Å². The van der Waals surface area contributed by atoms with Gasteiger partial charge in [-0.15, -0.1) is 11.3 Å². The summed E-state index contributed by atoms with van der Waals surface area (Å²) in [7, 11) is 0. The Balaban J connectivity index is 2.52. The summed E-state index contributed by atoms with van der Waals surface area (Å²) in [6, 6.07) is -2.00. The van der Waals surface area contributed by atoms with Crippen molar-refractivity contribution in [2.24, 2.45) is 0 Å². The molecule has 1 rings (SSSR count). The highest BCUT2D eigenvalue weighted by Gasteiger charge is 2.20. The van der Waals surface area contributed by atoms with Gasteiger partial charge in [-0.1, -0.05) is 0 Å². The number of hydrogen-bond acceptors (Lipinski definition) is 5. The quantitative estimate of drug-likeness (QED) is 0.613. The third-order valence-corrected chi connectivity index (χ3v) is 3.47.